The van der Waals surface area contributed by atoms with E-state index in [-0.39, 0.29) is 0 Å². The molecule has 0 amide bonds. The fraction of sp³-hybridized carbons (Fsp3) is 0.923. The van der Waals surface area contributed by atoms with Crippen LogP contribution in [0.5, 0.6) is 0 Å². The van der Waals surface area contributed by atoms with Crippen LogP contribution in [0.2, 0.25) is 0 Å². The maximum Gasteiger partial charge on any atom is 0.324 e. The summed E-state index contributed by atoms with van der Waals surface area (Å²) in [6, 6.07) is 0. The Kier molecular flexibility index (Phi) is 3.46. The van der Waals surface area contributed by atoms with Crippen LogP contribution >= 0.6 is 0 Å². The van der Waals surface area contributed by atoms with Crippen LogP contribution in [0.25, 0.3) is 0 Å². The molecule has 0 aromatic rings. The molecular weight excluding hydrogens is 216 g/mol. The zero-order chi connectivity index (χ0) is 12.5. The van der Waals surface area contributed by atoms with Gasteiger partial charge in [-0.15, -0.1) is 0 Å². The number of carboxylic acids is 1. The molecule has 1 saturated heterocycles. The Bertz CT molecular complexity index is 286. The van der Waals surface area contributed by atoms with Gasteiger partial charge in [0, 0.05) is 26.2 Å². The predicted molar refractivity (Wildman–Crippen MR) is 67.1 cm³/mol. The smallest absolute Gasteiger partial charge is 0.324 e. The molecule has 98 valence electrons. The van der Waals surface area contributed by atoms with Gasteiger partial charge in [0.05, 0.1) is 0 Å². The summed E-state index contributed by atoms with van der Waals surface area (Å²) in [5.41, 5.74) is -0.273. The molecule has 17 heavy (non-hydrogen) atoms. The monoisotopic (exact) mass is 240 g/mol. The third kappa shape index (κ3) is 2.47. The van der Waals surface area contributed by atoms with Crippen LogP contribution in [0.15, 0.2) is 0 Å². The molecule has 4 nitrogen and oxygen atoms in total. The molecule has 0 radical (unpaired) electrons. The van der Waals surface area contributed by atoms with E-state index in [4.69, 9.17) is 0 Å². The zero-order valence-electron chi connectivity index (χ0n) is 11.0. The third-order valence-electron chi connectivity index (χ3n) is 4.55. The highest BCUT2D eigenvalue weighted by molar-refractivity contribution is 5.79. The van der Waals surface area contributed by atoms with E-state index in [0.29, 0.717) is 5.41 Å². The van der Waals surface area contributed by atoms with Gasteiger partial charge in [0.25, 0.3) is 0 Å². The molecule has 1 aliphatic carbocycles. The van der Waals surface area contributed by atoms with Crippen molar-refractivity contribution in [2.24, 2.45) is 5.41 Å². The van der Waals surface area contributed by atoms with Crippen LogP contribution in [0.3, 0.4) is 0 Å². The van der Waals surface area contributed by atoms with Crippen molar-refractivity contribution in [3.63, 3.8) is 0 Å². The molecule has 0 bridgehead atoms. The lowest BCUT2D eigenvalue weighted by Crippen LogP contribution is -2.61. The van der Waals surface area contributed by atoms with Gasteiger partial charge in [-0.05, 0) is 31.1 Å². The largest absolute Gasteiger partial charge is 0.480 e. The van der Waals surface area contributed by atoms with E-state index in [1.54, 1.807) is 0 Å². The topological polar surface area (TPSA) is 52.6 Å². The van der Waals surface area contributed by atoms with Crippen LogP contribution in [-0.2, 0) is 4.79 Å². The number of carbonyl (C=O) groups is 1. The summed E-state index contributed by atoms with van der Waals surface area (Å²) in [6.07, 6.45) is 3.64. The molecule has 0 aromatic carbocycles. The van der Waals surface area contributed by atoms with Crippen molar-refractivity contribution < 1.29 is 9.90 Å². The van der Waals surface area contributed by atoms with Gasteiger partial charge in [-0.2, -0.15) is 0 Å². The van der Waals surface area contributed by atoms with E-state index in [9.17, 15) is 9.90 Å². The molecular formula is C13H24N2O2. The second kappa shape index (κ2) is 4.58. The number of carboxylic acid groups (broad SMARTS) is 1. The fourth-order valence-corrected chi connectivity index (χ4v) is 3.10. The minimum Gasteiger partial charge on any atom is -0.480 e. The van der Waals surface area contributed by atoms with Gasteiger partial charge in [0.1, 0.15) is 5.54 Å². The second-order valence-corrected chi connectivity index (χ2v) is 6.24. The maximum absolute atomic E-state index is 11.7. The first kappa shape index (κ1) is 12.8. The van der Waals surface area contributed by atoms with Crippen molar-refractivity contribution in [1.82, 2.24) is 10.2 Å². The number of piperazine rings is 1. The average Bonchev–Trinajstić information content (AvgIpc) is 2.30. The molecule has 0 unspecified atom stereocenters. The Morgan fingerprint density at radius 3 is 2.12 bits per heavy atom. The lowest BCUT2D eigenvalue weighted by atomic mass is 9.68. The summed E-state index contributed by atoms with van der Waals surface area (Å²) in [5.74, 6) is -0.616. The maximum atomic E-state index is 11.7. The minimum absolute atomic E-state index is 0.312. The van der Waals surface area contributed by atoms with Gasteiger partial charge >= 0.3 is 5.97 Å². The van der Waals surface area contributed by atoms with Crippen molar-refractivity contribution in [3.05, 3.63) is 0 Å². The molecule has 2 N–H and O–H groups in total. The number of hydrogen-bond acceptors (Lipinski definition) is 3. The van der Waals surface area contributed by atoms with Crippen LogP contribution < -0.4 is 5.32 Å². The average molecular weight is 240 g/mol. The SMILES string of the molecule is CC1(C)CCC(C(=O)O)(N2CCNCC2)CC1. The van der Waals surface area contributed by atoms with Gasteiger partial charge in [-0.3, -0.25) is 9.69 Å². The van der Waals surface area contributed by atoms with Crippen molar-refractivity contribution in [2.75, 3.05) is 26.2 Å². The van der Waals surface area contributed by atoms with Crippen LogP contribution in [0, 0.1) is 5.41 Å². The van der Waals surface area contributed by atoms with Gasteiger partial charge in [0.15, 0.2) is 0 Å². The van der Waals surface area contributed by atoms with Gasteiger partial charge in [0.2, 0.25) is 0 Å². The summed E-state index contributed by atoms with van der Waals surface area (Å²) < 4.78 is 0. The summed E-state index contributed by atoms with van der Waals surface area (Å²) in [4.78, 5) is 13.9. The molecule has 2 aliphatic rings. The van der Waals surface area contributed by atoms with Crippen molar-refractivity contribution in [1.29, 1.82) is 0 Å². The van der Waals surface area contributed by atoms with E-state index in [2.05, 4.69) is 24.1 Å². The highest BCUT2D eigenvalue weighted by Crippen LogP contribution is 2.43. The molecule has 4 heteroatoms. The molecule has 1 aliphatic heterocycles. The minimum atomic E-state index is -0.616. The molecule has 0 atom stereocenters. The summed E-state index contributed by atoms with van der Waals surface area (Å²) in [5, 5.41) is 12.9. The Hall–Kier alpha value is -0.610. The number of rotatable bonds is 2. The van der Waals surface area contributed by atoms with Crippen molar-refractivity contribution in [3.8, 4) is 0 Å². The Labute approximate surface area is 103 Å². The fourth-order valence-electron chi connectivity index (χ4n) is 3.10. The van der Waals surface area contributed by atoms with Crippen LogP contribution in [-0.4, -0.2) is 47.7 Å². The van der Waals surface area contributed by atoms with Crippen LogP contribution in [0.4, 0.5) is 0 Å². The third-order valence-corrected chi connectivity index (χ3v) is 4.55. The van der Waals surface area contributed by atoms with Gasteiger partial charge < -0.3 is 10.4 Å². The first-order chi connectivity index (χ1) is 7.96. The number of aliphatic carboxylic acids is 1. The van der Waals surface area contributed by atoms with Crippen LogP contribution in [0.1, 0.15) is 39.5 Å². The number of nitrogens with zero attached hydrogens (tertiary/aromatic N) is 1. The quantitative estimate of drug-likeness (QED) is 0.764. The highest BCUT2D eigenvalue weighted by Gasteiger charge is 2.48. The first-order valence-electron chi connectivity index (χ1n) is 6.66. The molecule has 0 aromatic heterocycles. The normalized spacial score (nSPS) is 28.8. The van der Waals surface area contributed by atoms with Crippen molar-refractivity contribution in [2.45, 2.75) is 45.1 Å². The number of hydrogen-bond donors (Lipinski definition) is 2. The second-order valence-electron chi connectivity index (χ2n) is 6.24. The Morgan fingerprint density at radius 1 is 1.12 bits per heavy atom. The van der Waals surface area contributed by atoms with E-state index in [0.717, 1.165) is 51.9 Å². The molecule has 2 rings (SSSR count). The van der Waals surface area contributed by atoms with E-state index in [1.807, 2.05) is 0 Å². The Morgan fingerprint density at radius 2 is 1.65 bits per heavy atom. The van der Waals surface area contributed by atoms with Gasteiger partial charge in [-0.1, -0.05) is 13.8 Å². The molecule has 0 spiro atoms. The Balaban J connectivity index is 2.13. The summed E-state index contributed by atoms with van der Waals surface area (Å²) in [7, 11) is 0. The van der Waals surface area contributed by atoms with E-state index >= 15 is 0 Å². The predicted octanol–water partition coefficient (Wildman–Crippen LogP) is 1.32. The van der Waals surface area contributed by atoms with E-state index < -0.39 is 11.5 Å². The lowest BCUT2D eigenvalue weighted by Gasteiger charge is -2.48. The molecule has 2 fully saturated rings. The summed E-state index contributed by atoms with van der Waals surface area (Å²) >= 11 is 0. The van der Waals surface area contributed by atoms with E-state index in [1.165, 1.54) is 0 Å². The number of nitrogens with one attached hydrogen (secondary N) is 1. The first-order valence-corrected chi connectivity index (χ1v) is 6.66. The van der Waals surface area contributed by atoms with Crippen molar-refractivity contribution >= 4 is 5.97 Å². The molecule has 1 saturated carbocycles. The lowest BCUT2D eigenvalue weighted by molar-refractivity contribution is -0.156. The summed E-state index contributed by atoms with van der Waals surface area (Å²) in [6.45, 7) is 8.06. The zero-order valence-corrected chi connectivity index (χ0v) is 11.0. The highest BCUT2D eigenvalue weighted by atomic mass is 16.4. The molecule has 1 heterocycles. The standard InChI is InChI=1S/C13H24N2O2/c1-12(2)3-5-13(6-4-12,11(16)17)15-9-7-14-8-10-15/h14H,3-10H2,1-2H3,(H,16,17). The van der Waals surface area contributed by atoms with Gasteiger partial charge in [-0.25, -0.2) is 0 Å².